The molecule has 20 heavy (non-hydrogen) atoms. The summed E-state index contributed by atoms with van der Waals surface area (Å²) in [4.78, 5) is 15.6. The third-order valence-electron chi connectivity index (χ3n) is 2.98. The van der Waals surface area contributed by atoms with Gasteiger partial charge in [-0.1, -0.05) is 6.92 Å². The van der Waals surface area contributed by atoms with Crippen molar-refractivity contribution in [2.45, 2.75) is 39.2 Å². The molecule has 1 amide bonds. The largest absolute Gasteiger partial charge is 0.421 e. The topological polar surface area (TPSA) is 80.9 Å². The fourth-order valence-electron chi connectivity index (χ4n) is 1.64. The molecule has 0 aromatic carbocycles. The maximum absolute atomic E-state index is 11.7. The minimum atomic E-state index is 0.00279. The van der Waals surface area contributed by atoms with Crippen molar-refractivity contribution < 1.29 is 9.21 Å². The Bertz CT molecular complexity index is 553. The molecule has 1 atom stereocenters. The molecule has 0 saturated heterocycles. The van der Waals surface area contributed by atoms with Gasteiger partial charge in [0, 0.05) is 36.8 Å². The Balaban J connectivity index is 1.89. The van der Waals surface area contributed by atoms with Crippen LogP contribution in [0.5, 0.6) is 0 Å². The number of aryl methyl sites for hydroxylation is 1. The molecular weight excluding hydrogens is 256 g/mol. The number of aromatic nitrogens is 3. The van der Waals surface area contributed by atoms with Crippen LogP contribution in [0.25, 0.3) is 11.5 Å². The van der Waals surface area contributed by atoms with Crippen LogP contribution in [0.4, 0.5) is 0 Å². The van der Waals surface area contributed by atoms with E-state index in [1.165, 1.54) is 0 Å². The predicted molar refractivity (Wildman–Crippen MR) is 73.7 cm³/mol. The van der Waals surface area contributed by atoms with Crippen molar-refractivity contribution >= 4 is 5.91 Å². The van der Waals surface area contributed by atoms with Gasteiger partial charge in [0.05, 0.1) is 0 Å². The molecule has 0 saturated carbocycles. The molecule has 2 aromatic rings. The second kappa shape index (κ2) is 6.79. The molecule has 2 aromatic heterocycles. The third kappa shape index (κ3) is 3.88. The van der Waals surface area contributed by atoms with Crippen molar-refractivity contribution in [3.05, 3.63) is 30.4 Å². The summed E-state index contributed by atoms with van der Waals surface area (Å²) in [6.45, 7) is 4.01. The van der Waals surface area contributed by atoms with E-state index in [4.69, 9.17) is 4.42 Å². The number of pyridine rings is 1. The number of hydrogen-bond donors (Lipinski definition) is 1. The molecule has 2 heterocycles. The van der Waals surface area contributed by atoms with E-state index in [2.05, 4.69) is 20.5 Å². The van der Waals surface area contributed by atoms with E-state index in [1.807, 2.05) is 13.8 Å². The molecule has 0 spiro atoms. The minimum absolute atomic E-state index is 0.00279. The maximum Gasteiger partial charge on any atom is 0.247 e. The lowest BCUT2D eigenvalue weighted by Gasteiger charge is -2.10. The number of carbonyl (C=O) groups excluding carboxylic acids is 1. The number of amides is 1. The van der Waals surface area contributed by atoms with Crippen molar-refractivity contribution in [3.63, 3.8) is 0 Å². The van der Waals surface area contributed by atoms with Crippen molar-refractivity contribution in [3.8, 4) is 11.5 Å². The Morgan fingerprint density at radius 2 is 2.10 bits per heavy atom. The van der Waals surface area contributed by atoms with Crippen LogP contribution in [0.3, 0.4) is 0 Å². The number of rotatable bonds is 6. The first-order valence-electron chi connectivity index (χ1n) is 6.71. The summed E-state index contributed by atoms with van der Waals surface area (Å²) in [6.07, 6.45) is 5.04. The molecule has 106 valence electrons. The van der Waals surface area contributed by atoms with Crippen LogP contribution in [-0.4, -0.2) is 27.1 Å². The Morgan fingerprint density at radius 3 is 2.80 bits per heavy atom. The summed E-state index contributed by atoms with van der Waals surface area (Å²) >= 11 is 0. The van der Waals surface area contributed by atoms with Gasteiger partial charge in [0.2, 0.25) is 17.7 Å². The first kappa shape index (κ1) is 14.2. The molecule has 0 aliphatic carbocycles. The number of carbonyl (C=O) groups is 1. The Morgan fingerprint density at radius 1 is 1.35 bits per heavy atom. The van der Waals surface area contributed by atoms with E-state index in [-0.39, 0.29) is 11.9 Å². The Labute approximate surface area is 117 Å². The summed E-state index contributed by atoms with van der Waals surface area (Å²) in [6, 6.07) is 3.79. The molecule has 6 nitrogen and oxygen atoms in total. The van der Waals surface area contributed by atoms with Gasteiger partial charge in [0.1, 0.15) is 0 Å². The second-order valence-corrected chi connectivity index (χ2v) is 4.61. The zero-order valence-electron chi connectivity index (χ0n) is 11.7. The first-order valence-corrected chi connectivity index (χ1v) is 6.71. The van der Waals surface area contributed by atoms with Gasteiger partial charge in [-0.25, -0.2) is 0 Å². The molecule has 0 radical (unpaired) electrons. The summed E-state index contributed by atoms with van der Waals surface area (Å²) in [5.41, 5.74) is 0.822. The monoisotopic (exact) mass is 274 g/mol. The number of nitrogens with one attached hydrogen (secondary N) is 1. The summed E-state index contributed by atoms with van der Waals surface area (Å²) in [7, 11) is 0. The van der Waals surface area contributed by atoms with E-state index in [0.717, 1.165) is 12.0 Å². The molecular formula is C14H18N4O2. The zero-order chi connectivity index (χ0) is 14.4. The van der Waals surface area contributed by atoms with Gasteiger partial charge < -0.3 is 9.73 Å². The van der Waals surface area contributed by atoms with Crippen molar-refractivity contribution in [2.75, 3.05) is 0 Å². The van der Waals surface area contributed by atoms with Crippen molar-refractivity contribution in [1.29, 1.82) is 0 Å². The maximum atomic E-state index is 11.7. The highest BCUT2D eigenvalue weighted by Gasteiger charge is 2.11. The number of hydrogen-bond acceptors (Lipinski definition) is 5. The quantitative estimate of drug-likeness (QED) is 0.871. The highest BCUT2D eigenvalue weighted by molar-refractivity contribution is 5.76. The van der Waals surface area contributed by atoms with Gasteiger partial charge in [0.25, 0.3) is 0 Å². The van der Waals surface area contributed by atoms with Gasteiger partial charge in [-0.3, -0.25) is 9.78 Å². The summed E-state index contributed by atoms with van der Waals surface area (Å²) < 4.78 is 5.52. The standard InChI is InChI=1S/C14H18N4O2/c1-3-10(2)16-12(19)4-5-13-17-18-14(20-13)11-6-8-15-9-7-11/h6-10H,3-5H2,1-2H3,(H,16,19). The van der Waals surface area contributed by atoms with Crippen molar-refractivity contribution in [1.82, 2.24) is 20.5 Å². The highest BCUT2D eigenvalue weighted by atomic mass is 16.4. The van der Waals surface area contributed by atoms with Gasteiger partial charge in [0.15, 0.2) is 0 Å². The highest BCUT2D eigenvalue weighted by Crippen LogP contribution is 2.16. The zero-order valence-corrected chi connectivity index (χ0v) is 11.7. The fraction of sp³-hybridized carbons (Fsp3) is 0.429. The molecule has 0 fully saturated rings. The van der Waals surface area contributed by atoms with Crippen LogP contribution in [0.15, 0.2) is 28.9 Å². The number of nitrogens with zero attached hydrogens (tertiary/aromatic N) is 3. The molecule has 6 heteroatoms. The lowest BCUT2D eigenvalue weighted by Crippen LogP contribution is -2.32. The smallest absolute Gasteiger partial charge is 0.247 e. The molecule has 1 N–H and O–H groups in total. The fourth-order valence-corrected chi connectivity index (χ4v) is 1.64. The van der Waals surface area contributed by atoms with Crippen molar-refractivity contribution in [2.24, 2.45) is 0 Å². The van der Waals surface area contributed by atoms with Gasteiger partial charge in [-0.05, 0) is 25.5 Å². The lowest BCUT2D eigenvalue weighted by atomic mass is 10.2. The normalized spacial score (nSPS) is 12.1. The average molecular weight is 274 g/mol. The SMILES string of the molecule is CCC(C)NC(=O)CCc1nnc(-c2ccncc2)o1. The van der Waals surface area contributed by atoms with Crippen LogP contribution in [0.2, 0.25) is 0 Å². The van der Waals surface area contributed by atoms with Crippen LogP contribution >= 0.6 is 0 Å². The Kier molecular flexibility index (Phi) is 4.81. The van der Waals surface area contributed by atoms with E-state index in [1.54, 1.807) is 24.5 Å². The van der Waals surface area contributed by atoms with Crippen LogP contribution in [0.1, 0.15) is 32.6 Å². The lowest BCUT2D eigenvalue weighted by molar-refractivity contribution is -0.121. The van der Waals surface area contributed by atoms with Crippen LogP contribution < -0.4 is 5.32 Å². The van der Waals surface area contributed by atoms with Gasteiger partial charge >= 0.3 is 0 Å². The molecule has 0 bridgehead atoms. The molecule has 1 unspecified atom stereocenters. The molecule has 0 aliphatic rings. The predicted octanol–water partition coefficient (Wildman–Crippen LogP) is 1.98. The van der Waals surface area contributed by atoms with E-state index < -0.39 is 0 Å². The van der Waals surface area contributed by atoms with Gasteiger partial charge in [-0.15, -0.1) is 10.2 Å². The second-order valence-electron chi connectivity index (χ2n) is 4.61. The van der Waals surface area contributed by atoms with E-state index in [9.17, 15) is 4.79 Å². The van der Waals surface area contributed by atoms with E-state index >= 15 is 0 Å². The minimum Gasteiger partial charge on any atom is -0.421 e. The summed E-state index contributed by atoms with van der Waals surface area (Å²) in [5, 5.41) is 10.8. The van der Waals surface area contributed by atoms with Gasteiger partial charge in [-0.2, -0.15) is 0 Å². The third-order valence-corrected chi connectivity index (χ3v) is 2.98. The molecule has 0 aliphatic heterocycles. The first-order chi connectivity index (χ1) is 9.69. The van der Waals surface area contributed by atoms with Crippen LogP contribution in [-0.2, 0) is 11.2 Å². The average Bonchev–Trinajstić information content (AvgIpc) is 2.95. The molecule has 2 rings (SSSR count). The van der Waals surface area contributed by atoms with Crippen LogP contribution in [0, 0.1) is 0 Å². The summed E-state index contributed by atoms with van der Waals surface area (Å²) in [5.74, 6) is 0.920. The Hall–Kier alpha value is -2.24. The van der Waals surface area contributed by atoms with E-state index in [0.29, 0.717) is 24.6 Å².